The van der Waals surface area contributed by atoms with E-state index in [1.807, 2.05) is 41.1 Å². The van der Waals surface area contributed by atoms with E-state index in [1.54, 1.807) is 38.3 Å². The first-order valence-electron chi connectivity index (χ1n) is 9.50. The van der Waals surface area contributed by atoms with Crippen molar-refractivity contribution in [1.82, 2.24) is 14.4 Å². The molecule has 31 heavy (non-hydrogen) atoms. The molecular weight excluding hydrogens is 394 g/mol. The maximum atomic E-state index is 12.6. The summed E-state index contributed by atoms with van der Waals surface area (Å²) in [6, 6.07) is 16.0. The lowest BCUT2D eigenvalue weighted by atomic mass is 10.2. The SMILES string of the molecule is COc1ccc(NC(=O)c2ccc(C#N)c(C)n2)cc1OCc1cn2ccccc2n1. The number of fused-ring (bicyclic) bond motifs is 1. The Kier molecular flexibility index (Phi) is 5.49. The molecular formula is C23H19N5O3. The highest BCUT2D eigenvalue weighted by Crippen LogP contribution is 2.31. The summed E-state index contributed by atoms with van der Waals surface area (Å²) < 4.78 is 13.2. The van der Waals surface area contributed by atoms with Crippen LogP contribution in [0.25, 0.3) is 5.65 Å². The van der Waals surface area contributed by atoms with Gasteiger partial charge in [0.2, 0.25) is 0 Å². The number of nitrogens with zero attached hydrogens (tertiary/aromatic N) is 4. The van der Waals surface area contributed by atoms with Gasteiger partial charge in [0, 0.05) is 24.1 Å². The number of aryl methyl sites for hydroxylation is 1. The second-order valence-corrected chi connectivity index (χ2v) is 6.75. The standard InChI is InChI=1S/C23H19N5O3/c1-15-16(12-24)6-8-19(25-15)23(29)27-17-7-9-20(30-2)21(11-17)31-14-18-13-28-10-4-3-5-22(28)26-18/h3-11,13H,14H2,1-2H3,(H,27,29). The molecule has 0 aliphatic heterocycles. The maximum absolute atomic E-state index is 12.6. The summed E-state index contributed by atoms with van der Waals surface area (Å²) in [5, 5.41) is 11.8. The molecule has 4 aromatic rings. The molecule has 1 N–H and O–H groups in total. The predicted octanol–water partition coefficient (Wildman–Crippen LogP) is 3.75. The van der Waals surface area contributed by atoms with Gasteiger partial charge in [0.15, 0.2) is 11.5 Å². The van der Waals surface area contributed by atoms with Gasteiger partial charge in [-0.2, -0.15) is 5.26 Å². The van der Waals surface area contributed by atoms with E-state index in [4.69, 9.17) is 14.7 Å². The lowest BCUT2D eigenvalue weighted by Crippen LogP contribution is -2.14. The van der Waals surface area contributed by atoms with Gasteiger partial charge in [-0.1, -0.05) is 6.07 Å². The van der Waals surface area contributed by atoms with Gasteiger partial charge in [-0.15, -0.1) is 0 Å². The normalized spacial score (nSPS) is 10.5. The number of anilines is 1. The van der Waals surface area contributed by atoms with E-state index in [0.717, 1.165) is 11.3 Å². The maximum Gasteiger partial charge on any atom is 0.274 e. The Hall–Kier alpha value is -4.38. The molecule has 0 saturated heterocycles. The van der Waals surface area contributed by atoms with E-state index in [9.17, 15) is 4.79 Å². The number of hydrogen-bond acceptors (Lipinski definition) is 6. The second-order valence-electron chi connectivity index (χ2n) is 6.75. The molecule has 4 rings (SSSR count). The summed E-state index contributed by atoms with van der Waals surface area (Å²) in [5.41, 5.74) is 3.28. The average molecular weight is 413 g/mol. The number of nitrogens with one attached hydrogen (secondary N) is 1. The fourth-order valence-electron chi connectivity index (χ4n) is 3.08. The summed E-state index contributed by atoms with van der Waals surface area (Å²) in [6.07, 6.45) is 3.81. The number of carbonyl (C=O) groups excluding carboxylic acids is 1. The number of ether oxygens (including phenoxy) is 2. The Labute approximate surface area is 178 Å². The molecule has 0 fully saturated rings. The number of methoxy groups -OCH3 is 1. The molecule has 0 bridgehead atoms. The zero-order valence-corrected chi connectivity index (χ0v) is 17.0. The van der Waals surface area contributed by atoms with Crippen molar-refractivity contribution in [2.24, 2.45) is 0 Å². The number of hydrogen-bond donors (Lipinski definition) is 1. The van der Waals surface area contributed by atoms with Crippen molar-refractivity contribution >= 4 is 17.2 Å². The van der Waals surface area contributed by atoms with Crippen LogP contribution in [0.2, 0.25) is 0 Å². The number of amides is 1. The molecule has 3 aromatic heterocycles. The quantitative estimate of drug-likeness (QED) is 0.517. The predicted molar refractivity (Wildman–Crippen MR) is 114 cm³/mol. The van der Waals surface area contributed by atoms with Crippen molar-refractivity contribution < 1.29 is 14.3 Å². The van der Waals surface area contributed by atoms with Crippen LogP contribution in [0.5, 0.6) is 11.5 Å². The van der Waals surface area contributed by atoms with Crippen LogP contribution in [0.15, 0.2) is 60.9 Å². The van der Waals surface area contributed by atoms with Crippen LogP contribution in [0.4, 0.5) is 5.69 Å². The van der Waals surface area contributed by atoms with Crippen molar-refractivity contribution in [2.75, 3.05) is 12.4 Å². The fraction of sp³-hybridized carbons (Fsp3) is 0.130. The lowest BCUT2D eigenvalue weighted by molar-refractivity contribution is 0.102. The van der Waals surface area contributed by atoms with Crippen LogP contribution < -0.4 is 14.8 Å². The van der Waals surface area contributed by atoms with Gasteiger partial charge in [-0.3, -0.25) is 4.79 Å². The summed E-state index contributed by atoms with van der Waals surface area (Å²) in [6.45, 7) is 1.93. The molecule has 0 radical (unpaired) electrons. The van der Waals surface area contributed by atoms with E-state index in [0.29, 0.717) is 28.4 Å². The number of nitriles is 1. The van der Waals surface area contributed by atoms with Crippen LogP contribution in [-0.2, 0) is 6.61 Å². The van der Waals surface area contributed by atoms with Gasteiger partial charge in [0.1, 0.15) is 24.0 Å². The van der Waals surface area contributed by atoms with Gasteiger partial charge in [-0.05, 0) is 43.3 Å². The monoisotopic (exact) mass is 413 g/mol. The van der Waals surface area contributed by atoms with E-state index in [1.165, 1.54) is 6.07 Å². The Bertz CT molecular complexity index is 1270. The highest BCUT2D eigenvalue weighted by molar-refractivity contribution is 6.03. The number of rotatable bonds is 6. The third-order valence-electron chi connectivity index (χ3n) is 4.65. The van der Waals surface area contributed by atoms with Crippen LogP contribution in [0.1, 0.15) is 27.4 Å². The molecule has 8 heteroatoms. The smallest absolute Gasteiger partial charge is 0.274 e. The summed E-state index contributed by atoms with van der Waals surface area (Å²) in [4.78, 5) is 21.3. The Balaban J connectivity index is 1.50. The number of imidazole rings is 1. The van der Waals surface area contributed by atoms with E-state index in [2.05, 4.69) is 15.3 Å². The molecule has 0 unspecified atom stereocenters. The van der Waals surface area contributed by atoms with Gasteiger partial charge in [-0.25, -0.2) is 9.97 Å². The number of aromatic nitrogens is 3. The van der Waals surface area contributed by atoms with Gasteiger partial charge >= 0.3 is 0 Å². The minimum atomic E-state index is -0.385. The number of carbonyl (C=O) groups is 1. The highest BCUT2D eigenvalue weighted by Gasteiger charge is 2.13. The summed E-state index contributed by atoms with van der Waals surface area (Å²) in [7, 11) is 1.55. The number of benzene rings is 1. The fourth-order valence-corrected chi connectivity index (χ4v) is 3.08. The third-order valence-corrected chi connectivity index (χ3v) is 4.65. The molecule has 154 valence electrons. The van der Waals surface area contributed by atoms with Crippen molar-refractivity contribution in [3.63, 3.8) is 0 Å². The van der Waals surface area contributed by atoms with Crippen LogP contribution in [0.3, 0.4) is 0 Å². The molecule has 0 spiro atoms. The van der Waals surface area contributed by atoms with Crippen molar-refractivity contribution in [1.29, 1.82) is 5.26 Å². The van der Waals surface area contributed by atoms with Gasteiger partial charge in [0.25, 0.3) is 5.91 Å². The first kappa shape index (κ1) is 19.9. The summed E-state index contributed by atoms with van der Waals surface area (Å²) in [5.74, 6) is 0.625. The third kappa shape index (κ3) is 4.31. The largest absolute Gasteiger partial charge is 0.493 e. The van der Waals surface area contributed by atoms with Crippen molar-refractivity contribution in [3.05, 3.63) is 83.6 Å². The zero-order chi connectivity index (χ0) is 21.8. The molecule has 0 saturated carbocycles. The molecule has 8 nitrogen and oxygen atoms in total. The second kappa shape index (κ2) is 8.55. The van der Waals surface area contributed by atoms with E-state index < -0.39 is 0 Å². The molecule has 3 heterocycles. The van der Waals surface area contributed by atoms with E-state index >= 15 is 0 Å². The molecule has 1 amide bonds. The minimum absolute atomic E-state index is 0.222. The first-order chi connectivity index (χ1) is 15.1. The first-order valence-corrected chi connectivity index (χ1v) is 9.50. The topological polar surface area (TPSA) is 102 Å². The minimum Gasteiger partial charge on any atom is -0.493 e. The molecule has 1 aromatic carbocycles. The van der Waals surface area contributed by atoms with Crippen LogP contribution >= 0.6 is 0 Å². The molecule has 0 aliphatic carbocycles. The van der Waals surface area contributed by atoms with E-state index in [-0.39, 0.29) is 18.2 Å². The van der Waals surface area contributed by atoms with Crippen LogP contribution in [-0.4, -0.2) is 27.4 Å². The zero-order valence-electron chi connectivity index (χ0n) is 17.0. The van der Waals surface area contributed by atoms with Crippen molar-refractivity contribution in [3.8, 4) is 17.6 Å². The van der Waals surface area contributed by atoms with Crippen LogP contribution in [0, 0.1) is 18.3 Å². The highest BCUT2D eigenvalue weighted by atomic mass is 16.5. The van der Waals surface area contributed by atoms with Gasteiger partial charge in [0.05, 0.1) is 24.1 Å². The lowest BCUT2D eigenvalue weighted by Gasteiger charge is -2.12. The molecule has 0 atom stereocenters. The number of pyridine rings is 2. The Morgan fingerprint density at radius 2 is 2.03 bits per heavy atom. The summed E-state index contributed by atoms with van der Waals surface area (Å²) >= 11 is 0. The Morgan fingerprint density at radius 3 is 2.77 bits per heavy atom. The average Bonchev–Trinajstić information content (AvgIpc) is 3.20. The Morgan fingerprint density at radius 1 is 1.16 bits per heavy atom. The van der Waals surface area contributed by atoms with Gasteiger partial charge < -0.3 is 19.2 Å². The van der Waals surface area contributed by atoms with Crippen molar-refractivity contribution in [2.45, 2.75) is 13.5 Å². The molecule has 0 aliphatic rings.